The summed E-state index contributed by atoms with van der Waals surface area (Å²) in [7, 11) is 2.13. The minimum Gasteiger partial charge on any atom is -0.313 e. The molecule has 1 N–H and O–H groups in total. The van der Waals surface area contributed by atoms with E-state index in [9.17, 15) is 0 Å². The van der Waals surface area contributed by atoms with Crippen LogP contribution in [0, 0.1) is 5.92 Å². The second-order valence-corrected chi connectivity index (χ2v) is 5.07. The molecule has 0 heterocycles. The predicted octanol–water partition coefficient (Wildman–Crippen LogP) is 4.29. The molecular weight excluding hydrogens is 194 g/mol. The highest BCUT2D eigenvalue weighted by Gasteiger charge is 2.20. The van der Waals surface area contributed by atoms with Crippen molar-refractivity contribution in [2.75, 3.05) is 7.05 Å². The Kier molecular flexibility index (Phi) is 6.79. The first-order valence-electron chi connectivity index (χ1n) is 7.19. The van der Waals surface area contributed by atoms with Crippen LogP contribution in [-0.4, -0.2) is 13.1 Å². The van der Waals surface area contributed by atoms with E-state index in [4.69, 9.17) is 0 Å². The fourth-order valence-electron chi connectivity index (χ4n) is 2.98. The topological polar surface area (TPSA) is 12.0 Å². The van der Waals surface area contributed by atoms with Crippen LogP contribution >= 0.6 is 0 Å². The fourth-order valence-corrected chi connectivity index (χ4v) is 2.98. The maximum absolute atomic E-state index is 3.55. The van der Waals surface area contributed by atoms with Gasteiger partial charge in [-0.3, -0.25) is 0 Å². The average Bonchev–Trinajstić information content (AvgIpc) is 2.26. The van der Waals surface area contributed by atoms with Crippen LogP contribution in [0.25, 0.3) is 0 Å². The Hall–Kier alpha value is -0.300. The third kappa shape index (κ3) is 3.93. The zero-order valence-corrected chi connectivity index (χ0v) is 11.4. The lowest BCUT2D eigenvalue weighted by molar-refractivity contribution is 0.377. The molecule has 0 aromatic carbocycles. The van der Waals surface area contributed by atoms with Gasteiger partial charge in [0.1, 0.15) is 0 Å². The van der Waals surface area contributed by atoms with E-state index in [0.29, 0.717) is 6.04 Å². The summed E-state index contributed by atoms with van der Waals surface area (Å²) in [6, 6.07) is 0.632. The largest absolute Gasteiger partial charge is 0.313 e. The van der Waals surface area contributed by atoms with Crippen LogP contribution in [-0.2, 0) is 0 Å². The van der Waals surface area contributed by atoms with Crippen LogP contribution in [0.2, 0.25) is 0 Å². The van der Waals surface area contributed by atoms with Crippen LogP contribution in [0.1, 0.15) is 65.2 Å². The maximum atomic E-state index is 3.55. The van der Waals surface area contributed by atoms with Crippen molar-refractivity contribution in [2.45, 2.75) is 71.3 Å². The van der Waals surface area contributed by atoms with Gasteiger partial charge < -0.3 is 5.32 Å². The number of hydrogen-bond acceptors (Lipinski definition) is 1. The van der Waals surface area contributed by atoms with Gasteiger partial charge in [0.05, 0.1) is 0 Å². The number of hydrogen-bond donors (Lipinski definition) is 1. The molecule has 0 fully saturated rings. The molecule has 0 aliphatic heterocycles. The Labute approximate surface area is 102 Å². The summed E-state index contributed by atoms with van der Waals surface area (Å²) in [6.07, 6.45) is 13.4. The summed E-state index contributed by atoms with van der Waals surface area (Å²) in [5.74, 6) is 0.815. The lowest BCUT2D eigenvalue weighted by Gasteiger charge is -2.28. The van der Waals surface area contributed by atoms with E-state index in [1.165, 1.54) is 51.4 Å². The van der Waals surface area contributed by atoms with Crippen LogP contribution < -0.4 is 5.32 Å². The van der Waals surface area contributed by atoms with Crippen LogP contribution in [0.5, 0.6) is 0 Å². The van der Waals surface area contributed by atoms with Crippen molar-refractivity contribution in [2.24, 2.45) is 5.92 Å². The fraction of sp³-hybridized carbons (Fsp3) is 0.867. The quantitative estimate of drug-likeness (QED) is 0.686. The molecule has 0 radical (unpaired) electrons. The normalized spacial score (nSPS) is 20.1. The molecule has 1 aliphatic rings. The lowest BCUT2D eigenvalue weighted by atomic mass is 9.85. The van der Waals surface area contributed by atoms with Crippen LogP contribution in [0.3, 0.4) is 0 Å². The first-order valence-corrected chi connectivity index (χ1v) is 7.19. The molecule has 1 unspecified atom stereocenters. The molecule has 1 atom stereocenters. The molecule has 0 aromatic rings. The molecule has 94 valence electrons. The minimum atomic E-state index is 0.632. The summed E-state index contributed by atoms with van der Waals surface area (Å²) in [5, 5.41) is 3.55. The van der Waals surface area contributed by atoms with E-state index >= 15 is 0 Å². The first kappa shape index (κ1) is 13.8. The number of rotatable bonds is 5. The van der Waals surface area contributed by atoms with Crippen molar-refractivity contribution in [3.63, 3.8) is 0 Å². The molecule has 0 saturated carbocycles. The Morgan fingerprint density at radius 2 is 1.81 bits per heavy atom. The highest BCUT2D eigenvalue weighted by molar-refractivity contribution is 5.13. The number of nitrogens with one attached hydrogen (secondary N) is 1. The molecule has 0 spiro atoms. The molecule has 16 heavy (non-hydrogen) atoms. The highest BCUT2D eigenvalue weighted by Crippen LogP contribution is 2.26. The SMILES string of the molecule is CCC(CC)C(NC)C1=CCCCCCC1. The van der Waals surface area contributed by atoms with E-state index in [0.717, 1.165) is 5.92 Å². The maximum Gasteiger partial charge on any atom is 0.0304 e. The summed E-state index contributed by atoms with van der Waals surface area (Å²) in [5.41, 5.74) is 1.69. The third-order valence-electron chi connectivity index (χ3n) is 4.06. The van der Waals surface area contributed by atoms with Gasteiger partial charge in [0.25, 0.3) is 0 Å². The molecule has 1 rings (SSSR count). The Morgan fingerprint density at radius 1 is 1.12 bits per heavy atom. The Balaban J connectivity index is 2.67. The van der Waals surface area contributed by atoms with Crippen LogP contribution in [0.15, 0.2) is 11.6 Å². The smallest absolute Gasteiger partial charge is 0.0304 e. The van der Waals surface area contributed by atoms with Gasteiger partial charge in [0.15, 0.2) is 0 Å². The van der Waals surface area contributed by atoms with Crippen molar-refractivity contribution < 1.29 is 0 Å². The first-order chi connectivity index (χ1) is 7.83. The van der Waals surface area contributed by atoms with E-state index in [1.54, 1.807) is 5.57 Å². The van der Waals surface area contributed by atoms with Crippen molar-refractivity contribution in [3.05, 3.63) is 11.6 Å². The summed E-state index contributed by atoms with van der Waals surface area (Å²) >= 11 is 0. The molecule has 0 saturated heterocycles. The molecule has 0 amide bonds. The van der Waals surface area contributed by atoms with Crippen molar-refractivity contribution in [3.8, 4) is 0 Å². The predicted molar refractivity (Wildman–Crippen MR) is 72.7 cm³/mol. The standard InChI is InChI=1S/C15H29N/c1-4-13(5-2)15(16-3)14-11-9-7-6-8-10-12-14/h11,13,15-16H,4-10,12H2,1-3H3. The zero-order chi connectivity index (χ0) is 11.8. The zero-order valence-electron chi connectivity index (χ0n) is 11.4. The summed E-state index contributed by atoms with van der Waals surface area (Å²) in [4.78, 5) is 0. The van der Waals surface area contributed by atoms with Gasteiger partial charge >= 0.3 is 0 Å². The van der Waals surface area contributed by atoms with Gasteiger partial charge in [-0.1, -0.05) is 51.2 Å². The molecule has 1 aliphatic carbocycles. The third-order valence-corrected chi connectivity index (χ3v) is 4.06. The van der Waals surface area contributed by atoms with Gasteiger partial charge in [0, 0.05) is 6.04 Å². The van der Waals surface area contributed by atoms with E-state index in [1.807, 2.05) is 0 Å². The molecule has 1 heteroatoms. The molecule has 1 nitrogen and oxygen atoms in total. The van der Waals surface area contributed by atoms with Gasteiger partial charge in [-0.05, 0) is 38.6 Å². The Bertz CT molecular complexity index is 203. The summed E-state index contributed by atoms with van der Waals surface area (Å²) in [6.45, 7) is 4.64. The molecule has 0 bridgehead atoms. The molecule has 0 aromatic heterocycles. The summed E-state index contributed by atoms with van der Waals surface area (Å²) < 4.78 is 0. The lowest BCUT2D eigenvalue weighted by Crippen LogP contribution is -2.35. The Morgan fingerprint density at radius 3 is 2.44 bits per heavy atom. The van der Waals surface area contributed by atoms with Gasteiger partial charge in [-0.25, -0.2) is 0 Å². The van der Waals surface area contributed by atoms with E-state index in [-0.39, 0.29) is 0 Å². The van der Waals surface area contributed by atoms with E-state index in [2.05, 4.69) is 32.3 Å². The number of likely N-dealkylation sites (N-methyl/N-ethyl adjacent to an activating group) is 1. The van der Waals surface area contributed by atoms with Crippen molar-refractivity contribution >= 4 is 0 Å². The highest BCUT2D eigenvalue weighted by atomic mass is 14.9. The van der Waals surface area contributed by atoms with Crippen LogP contribution in [0.4, 0.5) is 0 Å². The van der Waals surface area contributed by atoms with Crippen molar-refractivity contribution in [1.29, 1.82) is 0 Å². The second kappa shape index (κ2) is 7.89. The second-order valence-electron chi connectivity index (χ2n) is 5.07. The number of allylic oxidation sites excluding steroid dienone is 1. The average molecular weight is 223 g/mol. The minimum absolute atomic E-state index is 0.632. The monoisotopic (exact) mass is 223 g/mol. The molecular formula is C15H29N. The van der Waals surface area contributed by atoms with Gasteiger partial charge in [0.2, 0.25) is 0 Å². The van der Waals surface area contributed by atoms with Gasteiger partial charge in [-0.15, -0.1) is 0 Å². The van der Waals surface area contributed by atoms with Crippen molar-refractivity contribution in [1.82, 2.24) is 5.32 Å². The van der Waals surface area contributed by atoms with Gasteiger partial charge in [-0.2, -0.15) is 0 Å². The van der Waals surface area contributed by atoms with E-state index < -0.39 is 0 Å².